The van der Waals surface area contributed by atoms with Gasteiger partial charge in [0.25, 0.3) is 0 Å². The molecule has 3 N–H and O–H groups in total. The number of anilines is 1. The van der Waals surface area contributed by atoms with Crippen LogP contribution in [0.5, 0.6) is 0 Å². The molecule has 10 heteroatoms. The van der Waals surface area contributed by atoms with Crippen LogP contribution in [0, 0.1) is 0 Å². The van der Waals surface area contributed by atoms with E-state index < -0.39 is 27.0 Å². The molecule has 0 fully saturated rings. The lowest BCUT2D eigenvalue weighted by atomic mass is 10.2. The highest BCUT2D eigenvalue weighted by molar-refractivity contribution is 9.10. The highest BCUT2D eigenvalue weighted by Gasteiger charge is 2.32. The van der Waals surface area contributed by atoms with E-state index in [2.05, 4.69) is 28.1 Å². The number of rotatable bonds is 4. The summed E-state index contributed by atoms with van der Waals surface area (Å²) in [5.41, 5.74) is 4.03. The van der Waals surface area contributed by atoms with Crippen LogP contribution in [-0.4, -0.2) is 18.7 Å². The van der Waals surface area contributed by atoms with Crippen LogP contribution in [0.2, 0.25) is 0 Å². The molecule has 1 rings (SSSR count). The van der Waals surface area contributed by atoms with E-state index in [-0.39, 0.29) is 15.1 Å². The van der Waals surface area contributed by atoms with Gasteiger partial charge < -0.3 is 5.73 Å². The quantitative estimate of drug-likeness (QED) is 0.775. The first kappa shape index (κ1) is 17.2. The molecule has 0 saturated heterocycles. The SMILES string of the molecule is CC(C(N)=S)S(=O)(=O)Nc1cc(C(F)(F)F)ccc1Br. The van der Waals surface area contributed by atoms with Gasteiger partial charge in [0.05, 0.1) is 16.2 Å². The van der Waals surface area contributed by atoms with Gasteiger partial charge in [-0.05, 0) is 41.1 Å². The minimum absolute atomic E-state index is 0.171. The standard InChI is InChI=1S/C10H10BrF3N2O2S2/c1-5(9(15)19)20(17,18)16-8-4-6(10(12,13)14)2-3-7(8)11/h2-5,16H,1H3,(H2,15,19). The lowest BCUT2D eigenvalue weighted by Gasteiger charge is -2.16. The average Bonchev–Trinajstić information content (AvgIpc) is 2.29. The number of halogens is 4. The van der Waals surface area contributed by atoms with Crippen molar-refractivity contribution in [2.24, 2.45) is 5.73 Å². The molecule has 0 bridgehead atoms. The predicted octanol–water partition coefficient (Wildman–Crippen LogP) is 2.88. The molecule has 0 saturated carbocycles. The van der Waals surface area contributed by atoms with Crippen molar-refractivity contribution >= 4 is 48.8 Å². The van der Waals surface area contributed by atoms with Crippen LogP contribution in [-0.2, 0) is 16.2 Å². The minimum atomic E-state index is -4.57. The smallest absolute Gasteiger partial charge is 0.392 e. The Balaban J connectivity index is 3.19. The van der Waals surface area contributed by atoms with E-state index in [0.717, 1.165) is 12.1 Å². The molecule has 0 spiro atoms. The molecule has 0 heterocycles. The summed E-state index contributed by atoms with van der Waals surface area (Å²) >= 11 is 7.54. The third-order valence-electron chi connectivity index (χ3n) is 2.41. The molecule has 0 aromatic heterocycles. The Morgan fingerprint density at radius 3 is 2.45 bits per heavy atom. The predicted molar refractivity (Wildman–Crippen MR) is 77.9 cm³/mol. The molecule has 20 heavy (non-hydrogen) atoms. The summed E-state index contributed by atoms with van der Waals surface area (Å²) < 4.78 is 63.7. The number of nitrogens with one attached hydrogen (secondary N) is 1. The number of hydrogen-bond donors (Lipinski definition) is 2. The molecular weight excluding hydrogens is 381 g/mol. The van der Waals surface area contributed by atoms with Crippen molar-refractivity contribution in [1.29, 1.82) is 0 Å². The van der Waals surface area contributed by atoms with Crippen LogP contribution in [0.15, 0.2) is 22.7 Å². The van der Waals surface area contributed by atoms with Crippen LogP contribution >= 0.6 is 28.1 Å². The summed E-state index contributed by atoms with van der Waals surface area (Å²) in [6.07, 6.45) is -4.57. The van der Waals surface area contributed by atoms with Gasteiger partial charge in [0.15, 0.2) is 0 Å². The first-order valence-corrected chi connectivity index (χ1v) is 7.87. The molecular formula is C10H10BrF3N2O2S2. The van der Waals surface area contributed by atoms with Gasteiger partial charge in [0.1, 0.15) is 5.25 Å². The molecule has 1 aromatic carbocycles. The average molecular weight is 391 g/mol. The van der Waals surface area contributed by atoms with E-state index in [1.165, 1.54) is 6.92 Å². The zero-order chi connectivity index (χ0) is 15.7. The summed E-state index contributed by atoms with van der Waals surface area (Å²) in [7, 11) is -4.01. The summed E-state index contributed by atoms with van der Waals surface area (Å²) in [6, 6.07) is 2.62. The zero-order valence-corrected chi connectivity index (χ0v) is 13.3. The molecule has 112 valence electrons. The van der Waals surface area contributed by atoms with Gasteiger partial charge in [0.2, 0.25) is 10.0 Å². The Morgan fingerprint density at radius 2 is 2.00 bits per heavy atom. The maximum absolute atomic E-state index is 12.6. The van der Waals surface area contributed by atoms with Gasteiger partial charge in [-0.1, -0.05) is 12.2 Å². The third kappa shape index (κ3) is 4.06. The van der Waals surface area contributed by atoms with E-state index in [0.29, 0.717) is 6.07 Å². The van der Waals surface area contributed by atoms with Crippen molar-refractivity contribution in [2.45, 2.75) is 18.3 Å². The summed E-state index contributed by atoms with van der Waals surface area (Å²) in [5.74, 6) is 0. The molecule has 1 atom stereocenters. The number of nitrogens with two attached hydrogens (primary N) is 1. The number of thiocarbonyl (C=S) groups is 1. The first-order valence-electron chi connectivity index (χ1n) is 5.13. The Kier molecular flexibility index (Phi) is 5.03. The number of hydrogen-bond acceptors (Lipinski definition) is 3. The first-order chi connectivity index (χ1) is 8.95. The Hall–Kier alpha value is -0.870. The zero-order valence-electron chi connectivity index (χ0n) is 10.0. The molecule has 4 nitrogen and oxygen atoms in total. The fourth-order valence-corrected chi connectivity index (χ4v) is 2.99. The van der Waals surface area contributed by atoms with Gasteiger partial charge in [-0.25, -0.2) is 8.42 Å². The van der Waals surface area contributed by atoms with Crippen LogP contribution in [0.1, 0.15) is 12.5 Å². The third-order valence-corrected chi connectivity index (χ3v) is 5.30. The monoisotopic (exact) mass is 390 g/mol. The highest BCUT2D eigenvalue weighted by Crippen LogP contribution is 2.34. The highest BCUT2D eigenvalue weighted by atomic mass is 79.9. The van der Waals surface area contributed by atoms with Gasteiger partial charge in [0, 0.05) is 4.47 Å². The Bertz CT molecular complexity index is 632. The van der Waals surface area contributed by atoms with Crippen LogP contribution in [0.4, 0.5) is 18.9 Å². The van der Waals surface area contributed by atoms with E-state index in [1.54, 1.807) is 0 Å². The summed E-state index contributed by atoms with van der Waals surface area (Å²) in [4.78, 5) is -0.277. The molecule has 0 aliphatic heterocycles. The molecule has 0 radical (unpaired) electrons. The minimum Gasteiger partial charge on any atom is -0.392 e. The van der Waals surface area contributed by atoms with Crippen molar-refractivity contribution in [3.8, 4) is 0 Å². The van der Waals surface area contributed by atoms with E-state index in [4.69, 9.17) is 5.73 Å². The number of benzene rings is 1. The van der Waals surface area contributed by atoms with Crippen LogP contribution in [0.25, 0.3) is 0 Å². The van der Waals surface area contributed by atoms with E-state index in [1.807, 2.05) is 4.72 Å². The maximum atomic E-state index is 12.6. The number of alkyl halides is 3. The molecule has 1 aromatic rings. The second-order valence-electron chi connectivity index (χ2n) is 3.88. The van der Waals surface area contributed by atoms with Crippen molar-refractivity contribution in [1.82, 2.24) is 0 Å². The van der Waals surface area contributed by atoms with Gasteiger partial charge in [-0.15, -0.1) is 0 Å². The van der Waals surface area contributed by atoms with E-state index >= 15 is 0 Å². The number of sulfonamides is 1. The normalized spacial score (nSPS) is 13.8. The van der Waals surface area contributed by atoms with Crippen molar-refractivity contribution in [3.05, 3.63) is 28.2 Å². The molecule has 1 unspecified atom stereocenters. The van der Waals surface area contributed by atoms with Crippen molar-refractivity contribution in [3.63, 3.8) is 0 Å². The second kappa shape index (κ2) is 5.86. The van der Waals surface area contributed by atoms with E-state index in [9.17, 15) is 21.6 Å². The second-order valence-corrected chi connectivity index (χ2v) is 7.21. The van der Waals surface area contributed by atoms with Crippen molar-refractivity contribution in [2.75, 3.05) is 4.72 Å². The van der Waals surface area contributed by atoms with Crippen LogP contribution in [0.3, 0.4) is 0 Å². The summed E-state index contributed by atoms with van der Waals surface area (Å²) in [6.45, 7) is 1.24. The maximum Gasteiger partial charge on any atom is 0.416 e. The van der Waals surface area contributed by atoms with Gasteiger partial charge >= 0.3 is 6.18 Å². The van der Waals surface area contributed by atoms with Gasteiger partial charge in [-0.3, -0.25) is 4.72 Å². The fourth-order valence-electron chi connectivity index (χ4n) is 1.17. The largest absolute Gasteiger partial charge is 0.416 e. The summed E-state index contributed by atoms with van der Waals surface area (Å²) in [5, 5.41) is -1.21. The lowest BCUT2D eigenvalue weighted by molar-refractivity contribution is -0.137. The molecule has 0 aliphatic carbocycles. The molecule has 0 amide bonds. The Labute approximate surface area is 127 Å². The fraction of sp³-hybridized carbons (Fsp3) is 0.300. The molecule has 0 aliphatic rings. The van der Waals surface area contributed by atoms with Gasteiger partial charge in [-0.2, -0.15) is 13.2 Å². The topological polar surface area (TPSA) is 72.2 Å². The van der Waals surface area contributed by atoms with Crippen molar-refractivity contribution < 1.29 is 21.6 Å². The Morgan fingerprint density at radius 1 is 1.45 bits per heavy atom. The lowest BCUT2D eigenvalue weighted by Crippen LogP contribution is -2.35. The van der Waals surface area contributed by atoms with Crippen LogP contribution < -0.4 is 10.5 Å².